The minimum Gasteiger partial charge on any atom is -0.337 e. The number of ketones is 1. The summed E-state index contributed by atoms with van der Waals surface area (Å²) in [6.07, 6.45) is -16.8. The quantitative estimate of drug-likeness (QED) is 0.154. The molecule has 0 bridgehead atoms. The van der Waals surface area contributed by atoms with Crippen LogP contribution in [0.3, 0.4) is 0 Å². The highest BCUT2D eigenvalue weighted by Crippen LogP contribution is 2.43. The van der Waals surface area contributed by atoms with Crippen molar-refractivity contribution in [2.24, 2.45) is 0 Å². The lowest BCUT2D eigenvalue weighted by molar-refractivity contribution is -0.158. The second-order valence-corrected chi connectivity index (χ2v) is 10.5. The van der Waals surface area contributed by atoms with E-state index in [0.717, 1.165) is 19.2 Å². The van der Waals surface area contributed by atoms with E-state index in [2.05, 4.69) is 31.9 Å². The van der Waals surface area contributed by atoms with Gasteiger partial charge >= 0.3 is 18.5 Å². The van der Waals surface area contributed by atoms with Gasteiger partial charge in [-0.1, -0.05) is 23.7 Å². The number of carbonyl (C=O) groups excluding carboxylic acids is 2. The number of hydrogen-bond acceptors (Lipinski definition) is 2. The molecule has 0 aliphatic heterocycles. The van der Waals surface area contributed by atoms with Crippen molar-refractivity contribution in [1.82, 2.24) is 4.90 Å². The minimum absolute atomic E-state index is 0.0258. The average molecular weight is 736 g/mol. The highest BCUT2D eigenvalue weighted by atomic mass is 79.9. The fraction of sp³-hybridized carbons (Fsp3) is 0.333. The smallest absolute Gasteiger partial charge is 0.337 e. The van der Waals surface area contributed by atoms with E-state index in [1.165, 1.54) is 0 Å². The number of alkyl halides is 9. The van der Waals surface area contributed by atoms with E-state index in [0.29, 0.717) is 12.1 Å². The zero-order valence-electron chi connectivity index (χ0n) is 19.8. The topological polar surface area (TPSA) is 37.4 Å². The number of nitrogens with zero attached hydrogens (tertiary/aromatic N) is 1. The molecule has 0 fully saturated rings. The summed E-state index contributed by atoms with van der Waals surface area (Å²) in [6, 6.07) is 3.23. The molecule has 2 aromatic carbocycles. The Kier molecular flexibility index (Phi) is 10.9. The zero-order chi connectivity index (χ0) is 30.8. The zero-order valence-corrected chi connectivity index (χ0v) is 23.8. The predicted octanol–water partition coefficient (Wildman–Crippen LogP) is 9.52. The van der Waals surface area contributed by atoms with E-state index in [4.69, 9.17) is 11.6 Å². The lowest BCUT2D eigenvalue weighted by Gasteiger charge is -2.20. The van der Waals surface area contributed by atoms with Crippen molar-refractivity contribution in [3.05, 3.63) is 72.6 Å². The van der Waals surface area contributed by atoms with Gasteiger partial charge in [-0.3, -0.25) is 9.59 Å². The molecule has 0 saturated heterocycles. The van der Waals surface area contributed by atoms with Crippen LogP contribution in [0.25, 0.3) is 5.83 Å². The fourth-order valence-corrected chi connectivity index (χ4v) is 4.78. The Balaban J connectivity index is 2.42. The first kappa shape index (κ1) is 34.1. The third kappa shape index (κ3) is 9.20. The summed E-state index contributed by atoms with van der Waals surface area (Å²) in [6.45, 7) is -1.64. The molecule has 40 heavy (non-hydrogen) atoms. The number of carbonyl (C=O) groups is 2. The Bertz CT molecular complexity index is 1280. The first-order chi connectivity index (χ1) is 18.1. The van der Waals surface area contributed by atoms with Gasteiger partial charge in [0.05, 0.1) is 10.6 Å². The maximum Gasteiger partial charge on any atom is 0.417 e. The predicted molar refractivity (Wildman–Crippen MR) is 133 cm³/mol. The van der Waals surface area contributed by atoms with Crippen LogP contribution in [-0.2, 0) is 11.0 Å². The molecule has 1 amide bonds. The molecule has 3 nitrogen and oxygen atoms in total. The molecule has 0 spiro atoms. The highest BCUT2D eigenvalue weighted by molar-refractivity contribution is 9.11. The Morgan fingerprint density at radius 2 is 1.50 bits per heavy atom. The third-order valence-corrected chi connectivity index (χ3v) is 7.45. The van der Waals surface area contributed by atoms with Crippen molar-refractivity contribution in [3.63, 3.8) is 0 Å². The first-order valence-electron chi connectivity index (χ1n) is 10.8. The molecule has 0 aliphatic rings. The maximum absolute atomic E-state index is 15.0. The molecule has 16 heteroatoms. The van der Waals surface area contributed by atoms with Crippen LogP contribution in [0.1, 0.15) is 45.8 Å². The Labute approximate surface area is 242 Å². The molecule has 0 saturated carbocycles. The van der Waals surface area contributed by atoms with Gasteiger partial charge in [0.15, 0.2) is 5.78 Å². The summed E-state index contributed by atoms with van der Waals surface area (Å²) < 4.78 is 135. The highest BCUT2D eigenvalue weighted by Gasteiger charge is 2.41. The number of benzene rings is 2. The molecule has 2 aromatic rings. The number of amides is 1. The van der Waals surface area contributed by atoms with Gasteiger partial charge in [-0.25, -0.2) is 4.39 Å². The van der Waals surface area contributed by atoms with Crippen molar-refractivity contribution >= 4 is 61.0 Å². The molecular weight excluding hydrogens is 720 g/mol. The number of halogens is 13. The van der Waals surface area contributed by atoms with Crippen LogP contribution < -0.4 is 0 Å². The van der Waals surface area contributed by atoms with Gasteiger partial charge in [0.1, 0.15) is 18.3 Å². The molecule has 0 heterocycles. The first-order valence-corrected chi connectivity index (χ1v) is 12.7. The normalized spacial score (nSPS) is 13.8. The van der Waals surface area contributed by atoms with Crippen molar-refractivity contribution in [2.45, 2.75) is 37.3 Å². The standard InChI is InChI=1S/C24H16Br2ClF10NO2/c1-38(10-22(29,30)31)20(40)5-4-19(39)13-3-2-11(6-15(13)24(35,36)37)18(28)9-14(23(32,33)34)12-7-16(25)21(27)17(26)8-12/h2-3,6-9,14H,4-5,10H2,1H3/b18-9-. The van der Waals surface area contributed by atoms with Crippen molar-refractivity contribution in [3.8, 4) is 0 Å². The second kappa shape index (κ2) is 12.8. The molecule has 0 aromatic heterocycles. The number of Topliss-reactive ketones (excluding diaryl/α,β-unsaturated/α-hetero) is 1. The van der Waals surface area contributed by atoms with E-state index in [1.807, 2.05) is 0 Å². The molecule has 220 valence electrons. The Hall–Kier alpha value is -2.13. The summed E-state index contributed by atoms with van der Waals surface area (Å²) in [4.78, 5) is 24.5. The average Bonchev–Trinajstić information content (AvgIpc) is 2.80. The van der Waals surface area contributed by atoms with Crippen LogP contribution >= 0.6 is 43.5 Å². The van der Waals surface area contributed by atoms with Crippen molar-refractivity contribution in [2.75, 3.05) is 13.6 Å². The molecule has 1 atom stereocenters. The van der Waals surface area contributed by atoms with Crippen molar-refractivity contribution in [1.29, 1.82) is 0 Å². The van der Waals surface area contributed by atoms with Gasteiger partial charge in [-0.15, -0.1) is 0 Å². The maximum atomic E-state index is 15.0. The third-order valence-electron chi connectivity index (χ3n) is 5.34. The van der Waals surface area contributed by atoms with E-state index in [-0.39, 0.29) is 31.0 Å². The van der Waals surface area contributed by atoms with Crippen LogP contribution in [0.15, 0.2) is 45.4 Å². The number of rotatable bonds is 8. The summed E-state index contributed by atoms with van der Waals surface area (Å²) in [5, 5.41) is 0.0258. The SMILES string of the molecule is CN(CC(F)(F)F)C(=O)CCC(=O)c1ccc(/C(F)=C/C(c2cc(Br)c(Cl)c(Br)c2)C(F)(F)F)cc1C(F)(F)F. The fourth-order valence-electron chi connectivity index (χ4n) is 3.45. The number of allylic oxidation sites excluding steroid dienone is 1. The van der Waals surface area contributed by atoms with Gasteiger partial charge in [-0.2, -0.15) is 39.5 Å². The Morgan fingerprint density at radius 3 is 1.98 bits per heavy atom. The van der Waals surface area contributed by atoms with E-state index < -0.39 is 83.6 Å². The molecular formula is C24H16Br2ClF10NO2. The Morgan fingerprint density at radius 1 is 0.950 bits per heavy atom. The van der Waals surface area contributed by atoms with Crippen LogP contribution in [-0.4, -0.2) is 42.5 Å². The van der Waals surface area contributed by atoms with Crippen LogP contribution in [0.4, 0.5) is 43.9 Å². The molecule has 1 unspecified atom stereocenters. The van der Waals surface area contributed by atoms with Gasteiger partial charge in [0.25, 0.3) is 0 Å². The summed E-state index contributed by atoms with van der Waals surface area (Å²) in [5.74, 6) is -6.74. The largest absolute Gasteiger partial charge is 0.417 e. The van der Waals surface area contributed by atoms with E-state index in [1.54, 1.807) is 0 Å². The molecule has 2 rings (SSSR count). The lowest BCUT2D eigenvalue weighted by Crippen LogP contribution is -2.35. The van der Waals surface area contributed by atoms with Crippen LogP contribution in [0.2, 0.25) is 5.02 Å². The van der Waals surface area contributed by atoms with Gasteiger partial charge in [-0.05, 0) is 61.7 Å². The van der Waals surface area contributed by atoms with Gasteiger partial charge in [0.2, 0.25) is 5.91 Å². The molecule has 0 radical (unpaired) electrons. The van der Waals surface area contributed by atoms with Gasteiger partial charge < -0.3 is 4.90 Å². The van der Waals surface area contributed by atoms with E-state index in [9.17, 15) is 53.5 Å². The van der Waals surface area contributed by atoms with E-state index >= 15 is 0 Å². The minimum atomic E-state index is -5.27. The van der Waals surface area contributed by atoms with Crippen molar-refractivity contribution < 1.29 is 53.5 Å². The van der Waals surface area contributed by atoms with Gasteiger partial charge in [0, 0.05) is 40.0 Å². The van der Waals surface area contributed by atoms with Crippen LogP contribution in [0, 0.1) is 0 Å². The summed E-state index contributed by atoms with van der Waals surface area (Å²) >= 11 is 11.8. The molecule has 0 N–H and O–H groups in total. The lowest BCUT2D eigenvalue weighted by atomic mass is 9.94. The van der Waals surface area contributed by atoms with Crippen LogP contribution in [0.5, 0.6) is 0 Å². The monoisotopic (exact) mass is 733 g/mol. The molecule has 0 aliphatic carbocycles. The second-order valence-electron chi connectivity index (χ2n) is 8.38. The summed E-state index contributed by atoms with van der Waals surface area (Å²) in [7, 11) is 0.793. The summed E-state index contributed by atoms with van der Waals surface area (Å²) in [5.41, 5.74) is -4.15. The number of hydrogen-bond donors (Lipinski definition) is 0.